The van der Waals surface area contributed by atoms with Gasteiger partial charge in [0.05, 0.1) is 12.8 Å². The summed E-state index contributed by atoms with van der Waals surface area (Å²) in [6.45, 7) is 2.74. The smallest absolute Gasteiger partial charge is 0.223 e. The number of thiazole rings is 1. The van der Waals surface area contributed by atoms with Gasteiger partial charge in [0.1, 0.15) is 10.8 Å². The summed E-state index contributed by atoms with van der Waals surface area (Å²) in [7, 11) is 1.67. The fourth-order valence-corrected chi connectivity index (χ4v) is 4.39. The van der Waals surface area contributed by atoms with Gasteiger partial charge in [0.2, 0.25) is 5.91 Å². The zero-order valence-electron chi connectivity index (χ0n) is 15.0. The second-order valence-corrected chi connectivity index (χ2v) is 7.72. The summed E-state index contributed by atoms with van der Waals surface area (Å²) < 4.78 is 5.20. The molecule has 1 aromatic carbocycles. The normalized spacial score (nSPS) is 15.1. The van der Waals surface area contributed by atoms with Crippen LogP contribution in [0.1, 0.15) is 42.7 Å². The van der Waals surface area contributed by atoms with Gasteiger partial charge in [-0.3, -0.25) is 4.79 Å². The zero-order valence-corrected chi connectivity index (χ0v) is 15.8. The Bertz CT molecular complexity index is 703. The van der Waals surface area contributed by atoms with E-state index in [0.29, 0.717) is 6.54 Å². The largest absolute Gasteiger partial charge is 0.497 e. The Labute approximate surface area is 153 Å². The molecule has 1 fully saturated rings. The zero-order chi connectivity index (χ0) is 17.6. The first-order valence-electron chi connectivity index (χ1n) is 9.06. The number of hydrogen-bond acceptors (Lipinski definition) is 4. The van der Waals surface area contributed by atoms with Crippen molar-refractivity contribution in [3.63, 3.8) is 0 Å². The molecule has 1 aromatic heterocycles. The van der Waals surface area contributed by atoms with Crippen molar-refractivity contribution in [1.29, 1.82) is 0 Å². The third-order valence-electron chi connectivity index (χ3n) is 4.86. The molecule has 1 aliphatic carbocycles. The standard InChI is InChI=1S/C20H26N2O2S/c1-14-18(12-13-21-19(23)15-6-4-3-5-7-15)25-20(22-14)16-8-10-17(24-2)11-9-16/h8-11,15H,3-7,12-13H2,1-2H3,(H,21,23). The number of ether oxygens (including phenoxy) is 1. The molecule has 4 nitrogen and oxygen atoms in total. The maximum Gasteiger partial charge on any atom is 0.223 e. The molecule has 134 valence electrons. The molecule has 0 bridgehead atoms. The molecule has 1 saturated carbocycles. The fraction of sp³-hybridized carbons (Fsp3) is 0.500. The van der Waals surface area contributed by atoms with Crippen LogP contribution in [0.5, 0.6) is 5.75 Å². The Morgan fingerprint density at radius 2 is 1.96 bits per heavy atom. The van der Waals surface area contributed by atoms with Gasteiger partial charge >= 0.3 is 0 Å². The van der Waals surface area contributed by atoms with Gasteiger partial charge in [-0.05, 0) is 44.0 Å². The van der Waals surface area contributed by atoms with E-state index < -0.39 is 0 Å². The van der Waals surface area contributed by atoms with Crippen LogP contribution in [0.4, 0.5) is 0 Å². The molecule has 25 heavy (non-hydrogen) atoms. The highest BCUT2D eigenvalue weighted by atomic mass is 32.1. The van der Waals surface area contributed by atoms with Crippen LogP contribution in [0.25, 0.3) is 10.6 Å². The summed E-state index contributed by atoms with van der Waals surface area (Å²) in [5.74, 6) is 1.31. The van der Waals surface area contributed by atoms with Crippen molar-refractivity contribution in [1.82, 2.24) is 10.3 Å². The number of carbonyl (C=O) groups is 1. The number of methoxy groups -OCH3 is 1. The molecular weight excluding hydrogens is 332 g/mol. The molecule has 0 spiro atoms. The average Bonchev–Trinajstić information content (AvgIpc) is 3.03. The molecule has 0 aliphatic heterocycles. The maximum atomic E-state index is 12.2. The lowest BCUT2D eigenvalue weighted by atomic mass is 9.89. The number of aromatic nitrogens is 1. The second-order valence-electron chi connectivity index (χ2n) is 6.63. The molecule has 1 aliphatic rings. The lowest BCUT2D eigenvalue weighted by molar-refractivity contribution is -0.125. The van der Waals surface area contributed by atoms with Crippen molar-refractivity contribution in [2.75, 3.05) is 13.7 Å². The molecule has 0 radical (unpaired) electrons. The van der Waals surface area contributed by atoms with Gasteiger partial charge in [0.15, 0.2) is 0 Å². The highest BCUT2D eigenvalue weighted by Crippen LogP contribution is 2.29. The first-order valence-corrected chi connectivity index (χ1v) is 9.87. The van der Waals surface area contributed by atoms with Crippen molar-refractivity contribution in [2.45, 2.75) is 45.4 Å². The minimum absolute atomic E-state index is 0.228. The number of nitrogens with one attached hydrogen (secondary N) is 1. The third kappa shape index (κ3) is 4.60. The Morgan fingerprint density at radius 1 is 1.24 bits per heavy atom. The van der Waals surface area contributed by atoms with Crippen LogP contribution in [0, 0.1) is 12.8 Å². The lowest BCUT2D eigenvalue weighted by Crippen LogP contribution is -2.33. The van der Waals surface area contributed by atoms with E-state index in [1.165, 1.54) is 24.1 Å². The lowest BCUT2D eigenvalue weighted by Gasteiger charge is -2.20. The number of nitrogens with zero attached hydrogens (tertiary/aromatic N) is 1. The van der Waals surface area contributed by atoms with Crippen LogP contribution in [0.2, 0.25) is 0 Å². The Morgan fingerprint density at radius 3 is 2.64 bits per heavy atom. The second kappa shape index (κ2) is 8.48. The molecule has 5 heteroatoms. The van der Waals surface area contributed by atoms with E-state index in [4.69, 9.17) is 4.74 Å². The number of benzene rings is 1. The molecule has 0 atom stereocenters. The minimum atomic E-state index is 0.228. The summed E-state index contributed by atoms with van der Waals surface area (Å²) in [4.78, 5) is 18.2. The van der Waals surface area contributed by atoms with Crippen molar-refractivity contribution < 1.29 is 9.53 Å². The Balaban J connectivity index is 1.56. The van der Waals surface area contributed by atoms with Gasteiger partial charge in [-0.15, -0.1) is 11.3 Å². The molecule has 1 heterocycles. The summed E-state index contributed by atoms with van der Waals surface area (Å²) in [5, 5.41) is 4.14. The van der Waals surface area contributed by atoms with Crippen LogP contribution in [0.15, 0.2) is 24.3 Å². The van der Waals surface area contributed by atoms with Crippen LogP contribution in [-0.2, 0) is 11.2 Å². The van der Waals surface area contributed by atoms with E-state index in [1.54, 1.807) is 18.4 Å². The molecule has 0 saturated heterocycles. The third-order valence-corrected chi connectivity index (χ3v) is 6.12. The van der Waals surface area contributed by atoms with E-state index in [9.17, 15) is 4.79 Å². The number of carbonyl (C=O) groups excluding carboxylic acids is 1. The quantitative estimate of drug-likeness (QED) is 0.834. The Kier molecular flexibility index (Phi) is 6.08. The first-order chi connectivity index (χ1) is 12.2. The topological polar surface area (TPSA) is 51.2 Å². The van der Waals surface area contributed by atoms with Gasteiger partial charge in [-0.2, -0.15) is 0 Å². The molecule has 2 aromatic rings. The van der Waals surface area contributed by atoms with E-state index in [1.807, 2.05) is 31.2 Å². The maximum absolute atomic E-state index is 12.2. The van der Waals surface area contributed by atoms with Crippen LogP contribution in [0.3, 0.4) is 0 Å². The minimum Gasteiger partial charge on any atom is -0.497 e. The predicted octanol–water partition coefficient (Wildman–Crippen LogP) is 4.37. The van der Waals surface area contributed by atoms with Gasteiger partial charge in [-0.25, -0.2) is 4.98 Å². The van der Waals surface area contributed by atoms with E-state index in [2.05, 4.69) is 10.3 Å². The predicted molar refractivity (Wildman–Crippen MR) is 102 cm³/mol. The summed E-state index contributed by atoms with van der Waals surface area (Å²) in [6.07, 6.45) is 6.60. The molecule has 3 rings (SSSR count). The highest BCUT2D eigenvalue weighted by Gasteiger charge is 2.20. The molecule has 1 N–H and O–H groups in total. The van der Waals surface area contributed by atoms with E-state index in [-0.39, 0.29) is 11.8 Å². The SMILES string of the molecule is COc1ccc(-c2nc(C)c(CCNC(=O)C3CCCCC3)s2)cc1. The van der Waals surface area contributed by atoms with Gasteiger partial charge in [0, 0.05) is 29.3 Å². The van der Waals surface area contributed by atoms with Crippen molar-refractivity contribution in [3.8, 4) is 16.3 Å². The number of aryl methyl sites for hydroxylation is 1. The average molecular weight is 359 g/mol. The summed E-state index contributed by atoms with van der Waals surface area (Å²) >= 11 is 1.71. The van der Waals surface area contributed by atoms with Crippen LogP contribution >= 0.6 is 11.3 Å². The monoisotopic (exact) mass is 358 g/mol. The van der Waals surface area contributed by atoms with Gasteiger partial charge in [-0.1, -0.05) is 19.3 Å². The van der Waals surface area contributed by atoms with Crippen LogP contribution in [-0.4, -0.2) is 24.5 Å². The number of hydrogen-bond donors (Lipinski definition) is 1. The number of rotatable bonds is 6. The van der Waals surface area contributed by atoms with Gasteiger partial charge in [0.25, 0.3) is 0 Å². The highest BCUT2D eigenvalue weighted by molar-refractivity contribution is 7.15. The summed E-state index contributed by atoms with van der Waals surface area (Å²) in [6, 6.07) is 7.98. The van der Waals surface area contributed by atoms with Crippen LogP contribution < -0.4 is 10.1 Å². The number of amides is 1. The molecule has 1 amide bonds. The van der Waals surface area contributed by atoms with E-state index >= 15 is 0 Å². The molecular formula is C20H26N2O2S. The first kappa shape index (κ1) is 17.9. The van der Waals surface area contributed by atoms with E-state index in [0.717, 1.165) is 41.3 Å². The van der Waals surface area contributed by atoms with Crippen molar-refractivity contribution in [2.24, 2.45) is 5.92 Å². The fourth-order valence-electron chi connectivity index (χ4n) is 3.33. The molecule has 0 unspecified atom stereocenters. The van der Waals surface area contributed by atoms with Gasteiger partial charge < -0.3 is 10.1 Å². The van der Waals surface area contributed by atoms with Crippen molar-refractivity contribution in [3.05, 3.63) is 34.8 Å². The Hall–Kier alpha value is -1.88. The van der Waals surface area contributed by atoms with Crippen molar-refractivity contribution >= 4 is 17.2 Å². The summed E-state index contributed by atoms with van der Waals surface area (Å²) in [5.41, 5.74) is 2.16.